The number of alkyl halides is 1. The Labute approximate surface area is 94.8 Å². The Bertz CT molecular complexity index is 357. The lowest BCUT2D eigenvalue weighted by Crippen LogP contribution is -2.25. The summed E-state index contributed by atoms with van der Waals surface area (Å²) in [5.74, 6) is -2.05. The molecule has 1 N–H and O–H groups in total. The fourth-order valence-corrected chi connectivity index (χ4v) is 1.32. The van der Waals surface area contributed by atoms with Gasteiger partial charge in [0, 0.05) is 17.9 Å². The van der Waals surface area contributed by atoms with Crippen LogP contribution in [0.15, 0.2) is 18.2 Å². The van der Waals surface area contributed by atoms with E-state index < -0.39 is 17.5 Å². The van der Waals surface area contributed by atoms with Crippen LogP contribution in [-0.2, 0) is 0 Å². The monoisotopic (exact) mass is 277 g/mol. The maximum atomic E-state index is 13.1. The first-order valence-electron chi connectivity index (χ1n) is 4.44. The van der Waals surface area contributed by atoms with Gasteiger partial charge in [-0.25, -0.2) is 8.78 Å². The van der Waals surface area contributed by atoms with Crippen LogP contribution in [0.4, 0.5) is 8.78 Å². The molecule has 1 aromatic rings. The SMILES string of the molecule is O=C(NCCCBr)c1ccc(F)cc1F. The molecule has 0 aliphatic carbocycles. The van der Waals surface area contributed by atoms with Crippen LogP contribution >= 0.6 is 15.9 Å². The minimum Gasteiger partial charge on any atom is -0.352 e. The van der Waals surface area contributed by atoms with Gasteiger partial charge in [-0.05, 0) is 18.6 Å². The number of hydrogen-bond acceptors (Lipinski definition) is 1. The summed E-state index contributed by atoms with van der Waals surface area (Å²) in [6.45, 7) is 0.459. The first-order valence-corrected chi connectivity index (χ1v) is 5.56. The molecule has 0 bridgehead atoms. The zero-order valence-electron chi connectivity index (χ0n) is 7.90. The lowest BCUT2D eigenvalue weighted by Gasteiger charge is -2.04. The zero-order chi connectivity index (χ0) is 11.3. The molecule has 5 heteroatoms. The lowest BCUT2D eigenvalue weighted by atomic mass is 10.2. The maximum absolute atomic E-state index is 13.1. The van der Waals surface area contributed by atoms with E-state index in [9.17, 15) is 13.6 Å². The summed E-state index contributed by atoms with van der Waals surface area (Å²) < 4.78 is 25.6. The van der Waals surface area contributed by atoms with Gasteiger partial charge in [0.05, 0.1) is 5.56 Å². The second kappa shape index (κ2) is 5.80. The first-order chi connectivity index (χ1) is 7.15. The molecular formula is C10H10BrF2NO. The van der Waals surface area contributed by atoms with Gasteiger partial charge in [0.15, 0.2) is 0 Å². The van der Waals surface area contributed by atoms with Gasteiger partial charge in [-0.2, -0.15) is 0 Å². The van der Waals surface area contributed by atoms with Crippen molar-refractivity contribution in [2.45, 2.75) is 6.42 Å². The maximum Gasteiger partial charge on any atom is 0.254 e. The van der Waals surface area contributed by atoms with Crippen molar-refractivity contribution < 1.29 is 13.6 Å². The molecule has 1 aromatic carbocycles. The van der Waals surface area contributed by atoms with Crippen molar-refractivity contribution in [2.24, 2.45) is 0 Å². The number of amides is 1. The van der Waals surface area contributed by atoms with Crippen LogP contribution in [0, 0.1) is 11.6 Å². The van der Waals surface area contributed by atoms with E-state index in [0.717, 1.165) is 23.9 Å². The van der Waals surface area contributed by atoms with Gasteiger partial charge < -0.3 is 5.32 Å². The number of carbonyl (C=O) groups excluding carboxylic acids is 1. The number of benzene rings is 1. The molecule has 0 unspecified atom stereocenters. The Hall–Kier alpha value is -0.970. The molecule has 0 aliphatic rings. The molecular weight excluding hydrogens is 268 g/mol. The molecule has 0 heterocycles. The highest BCUT2D eigenvalue weighted by Crippen LogP contribution is 2.09. The zero-order valence-corrected chi connectivity index (χ0v) is 9.48. The van der Waals surface area contributed by atoms with Crippen molar-refractivity contribution in [1.29, 1.82) is 0 Å². The topological polar surface area (TPSA) is 29.1 Å². The van der Waals surface area contributed by atoms with E-state index in [4.69, 9.17) is 0 Å². The molecule has 15 heavy (non-hydrogen) atoms. The molecule has 2 nitrogen and oxygen atoms in total. The number of hydrogen-bond donors (Lipinski definition) is 1. The van der Waals surface area contributed by atoms with E-state index in [2.05, 4.69) is 21.2 Å². The van der Waals surface area contributed by atoms with Crippen molar-refractivity contribution in [2.75, 3.05) is 11.9 Å². The highest BCUT2D eigenvalue weighted by atomic mass is 79.9. The second-order valence-corrected chi connectivity index (χ2v) is 3.72. The highest BCUT2D eigenvalue weighted by molar-refractivity contribution is 9.09. The van der Waals surface area contributed by atoms with Crippen LogP contribution in [0.2, 0.25) is 0 Å². The summed E-state index contributed by atoms with van der Waals surface area (Å²) in [6.07, 6.45) is 0.758. The van der Waals surface area contributed by atoms with Gasteiger partial charge in [0.2, 0.25) is 0 Å². The van der Waals surface area contributed by atoms with Crippen LogP contribution in [-0.4, -0.2) is 17.8 Å². The van der Waals surface area contributed by atoms with E-state index in [1.54, 1.807) is 0 Å². The Morgan fingerprint density at radius 1 is 1.40 bits per heavy atom. The highest BCUT2D eigenvalue weighted by Gasteiger charge is 2.11. The van der Waals surface area contributed by atoms with E-state index in [0.29, 0.717) is 12.6 Å². The average Bonchev–Trinajstić information content (AvgIpc) is 2.17. The summed E-state index contributed by atoms with van der Waals surface area (Å²) >= 11 is 3.20. The van der Waals surface area contributed by atoms with Crippen LogP contribution < -0.4 is 5.32 Å². The van der Waals surface area contributed by atoms with Crippen LogP contribution in [0.3, 0.4) is 0 Å². The van der Waals surface area contributed by atoms with Crippen molar-refractivity contribution >= 4 is 21.8 Å². The van der Waals surface area contributed by atoms with Gasteiger partial charge >= 0.3 is 0 Å². The molecule has 0 fully saturated rings. The Balaban J connectivity index is 2.65. The largest absolute Gasteiger partial charge is 0.352 e. The lowest BCUT2D eigenvalue weighted by molar-refractivity contribution is 0.0949. The summed E-state index contributed by atoms with van der Waals surface area (Å²) in [4.78, 5) is 11.4. The summed E-state index contributed by atoms with van der Waals surface area (Å²) in [5, 5.41) is 3.29. The second-order valence-electron chi connectivity index (χ2n) is 2.92. The third-order valence-electron chi connectivity index (χ3n) is 1.77. The first kappa shape index (κ1) is 12.1. The summed E-state index contributed by atoms with van der Waals surface area (Å²) in [7, 11) is 0. The molecule has 0 saturated carbocycles. The van der Waals surface area contributed by atoms with Crippen molar-refractivity contribution in [3.05, 3.63) is 35.4 Å². The minimum absolute atomic E-state index is 0.133. The van der Waals surface area contributed by atoms with E-state index in [1.165, 1.54) is 0 Å². The van der Waals surface area contributed by atoms with E-state index >= 15 is 0 Å². The summed E-state index contributed by atoms with van der Waals surface area (Å²) in [5.41, 5.74) is -0.133. The van der Waals surface area contributed by atoms with Crippen molar-refractivity contribution in [3.8, 4) is 0 Å². The van der Waals surface area contributed by atoms with Crippen LogP contribution in [0.1, 0.15) is 16.8 Å². The average molecular weight is 278 g/mol. The quantitative estimate of drug-likeness (QED) is 0.665. The van der Waals surface area contributed by atoms with Gasteiger partial charge in [0.25, 0.3) is 5.91 Å². The van der Waals surface area contributed by atoms with Crippen LogP contribution in [0.5, 0.6) is 0 Å². The van der Waals surface area contributed by atoms with E-state index in [1.807, 2.05) is 0 Å². The molecule has 82 valence electrons. The third-order valence-corrected chi connectivity index (χ3v) is 2.33. The number of nitrogens with one attached hydrogen (secondary N) is 1. The molecule has 1 amide bonds. The van der Waals surface area contributed by atoms with Crippen molar-refractivity contribution in [3.63, 3.8) is 0 Å². The number of rotatable bonds is 4. The normalized spacial score (nSPS) is 10.1. The molecule has 0 spiro atoms. The minimum atomic E-state index is -0.841. The van der Waals surface area contributed by atoms with Gasteiger partial charge in [-0.15, -0.1) is 0 Å². The standard InChI is InChI=1S/C10H10BrF2NO/c11-4-1-5-14-10(15)8-3-2-7(12)6-9(8)13/h2-3,6H,1,4-5H2,(H,14,15). The van der Waals surface area contributed by atoms with Gasteiger partial charge in [-0.1, -0.05) is 15.9 Å². The molecule has 0 atom stereocenters. The predicted octanol–water partition coefficient (Wildman–Crippen LogP) is 2.48. The molecule has 1 rings (SSSR count). The Morgan fingerprint density at radius 3 is 2.73 bits per heavy atom. The van der Waals surface area contributed by atoms with Gasteiger partial charge in [0.1, 0.15) is 11.6 Å². The summed E-state index contributed by atoms with van der Waals surface area (Å²) in [6, 6.07) is 2.88. The molecule has 0 saturated heterocycles. The number of halogens is 3. The Kier molecular flexibility index (Phi) is 4.68. The third kappa shape index (κ3) is 3.58. The number of carbonyl (C=O) groups is 1. The molecule has 0 aliphatic heterocycles. The fraction of sp³-hybridized carbons (Fsp3) is 0.300. The Morgan fingerprint density at radius 2 is 2.13 bits per heavy atom. The van der Waals surface area contributed by atoms with Crippen molar-refractivity contribution in [1.82, 2.24) is 5.32 Å². The van der Waals surface area contributed by atoms with Crippen LogP contribution in [0.25, 0.3) is 0 Å². The predicted molar refractivity (Wildman–Crippen MR) is 57.1 cm³/mol. The molecule has 0 radical (unpaired) electrons. The molecule has 0 aromatic heterocycles. The van der Waals surface area contributed by atoms with Gasteiger partial charge in [-0.3, -0.25) is 4.79 Å². The van der Waals surface area contributed by atoms with E-state index in [-0.39, 0.29) is 5.56 Å². The smallest absolute Gasteiger partial charge is 0.254 e. The fourth-order valence-electron chi connectivity index (χ4n) is 1.04.